The summed E-state index contributed by atoms with van der Waals surface area (Å²) in [5.41, 5.74) is 4.76. The van der Waals surface area contributed by atoms with Gasteiger partial charge in [-0.15, -0.1) is 0 Å². The second kappa shape index (κ2) is 3.79. The molecule has 1 aromatic heterocycles. The number of nitrogens with one attached hydrogen (secondary N) is 1. The van der Waals surface area contributed by atoms with Crippen molar-refractivity contribution in [2.24, 2.45) is 4.99 Å². The highest BCUT2D eigenvalue weighted by atomic mass is 16.7. The Morgan fingerprint density at radius 2 is 2.28 bits per heavy atom. The molecule has 3 heterocycles. The molecule has 2 aliphatic heterocycles. The number of rotatable bonds is 2. The molecule has 0 bridgehead atoms. The van der Waals surface area contributed by atoms with E-state index in [0.717, 1.165) is 29.7 Å². The van der Waals surface area contributed by atoms with E-state index >= 15 is 0 Å². The molecule has 6 heteroatoms. The first-order valence-corrected chi connectivity index (χ1v) is 5.89. The highest BCUT2D eigenvalue weighted by molar-refractivity contribution is 5.79. The van der Waals surface area contributed by atoms with Crippen LogP contribution in [0.15, 0.2) is 29.4 Å². The molecule has 4 rings (SSSR count). The van der Waals surface area contributed by atoms with Gasteiger partial charge in [0.05, 0.1) is 31.0 Å². The average Bonchev–Trinajstić information content (AvgIpc) is 2.96. The van der Waals surface area contributed by atoms with Crippen molar-refractivity contribution in [3.63, 3.8) is 0 Å². The van der Waals surface area contributed by atoms with Gasteiger partial charge in [0, 0.05) is 10.9 Å². The minimum Gasteiger partial charge on any atom is -0.377 e. The third-order valence-corrected chi connectivity index (χ3v) is 3.32. The van der Waals surface area contributed by atoms with Gasteiger partial charge in [-0.3, -0.25) is 10.2 Å². The monoisotopic (exact) mass is 244 g/mol. The van der Waals surface area contributed by atoms with Crippen LogP contribution in [-0.4, -0.2) is 29.3 Å². The van der Waals surface area contributed by atoms with E-state index in [1.165, 1.54) is 0 Å². The van der Waals surface area contributed by atoms with Crippen molar-refractivity contribution >= 4 is 17.2 Å². The molecule has 1 N–H and O–H groups in total. The molecule has 92 valence electrons. The van der Waals surface area contributed by atoms with E-state index in [0.29, 0.717) is 6.04 Å². The molecular formula is C12H12N4O2. The van der Waals surface area contributed by atoms with Gasteiger partial charge in [-0.2, -0.15) is 5.10 Å². The summed E-state index contributed by atoms with van der Waals surface area (Å²) in [6, 6.07) is 6.49. The Morgan fingerprint density at radius 3 is 3.00 bits per heavy atom. The summed E-state index contributed by atoms with van der Waals surface area (Å²) in [6.07, 6.45) is 3.18. The summed E-state index contributed by atoms with van der Waals surface area (Å²) in [5, 5.41) is 5.55. The maximum atomic E-state index is 5.28. The van der Waals surface area contributed by atoms with E-state index in [1.807, 2.05) is 23.0 Å². The van der Waals surface area contributed by atoms with Gasteiger partial charge < -0.3 is 4.74 Å². The van der Waals surface area contributed by atoms with Crippen molar-refractivity contribution in [3.05, 3.63) is 30.0 Å². The van der Waals surface area contributed by atoms with E-state index < -0.39 is 0 Å². The minimum atomic E-state index is -0.268. The molecule has 0 radical (unpaired) electrons. The molecule has 6 nitrogen and oxygen atoms in total. The predicted octanol–water partition coefficient (Wildman–Crippen LogP) is 1.17. The molecule has 1 saturated heterocycles. The molecule has 0 saturated carbocycles. The van der Waals surface area contributed by atoms with Crippen molar-refractivity contribution in [3.8, 4) is 0 Å². The molecule has 2 aromatic rings. The first-order chi connectivity index (χ1) is 8.92. The second-order valence-electron chi connectivity index (χ2n) is 4.46. The SMILES string of the molecule is C1=NC(c2ccc3cnn(C4COC4)c3c2)ON1. The number of fused-ring (bicyclic) bond motifs is 1. The van der Waals surface area contributed by atoms with Crippen molar-refractivity contribution in [1.82, 2.24) is 15.3 Å². The van der Waals surface area contributed by atoms with Crippen LogP contribution in [0.25, 0.3) is 10.9 Å². The highest BCUT2D eigenvalue weighted by Crippen LogP contribution is 2.27. The Bertz CT molecular complexity index is 618. The average molecular weight is 244 g/mol. The van der Waals surface area contributed by atoms with E-state index in [-0.39, 0.29) is 6.23 Å². The molecule has 0 spiro atoms. The normalized spacial score (nSPS) is 23.2. The first kappa shape index (κ1) is 10.0. The van der Waals surface area contributed by atoms with Crippen molar-refractivity contribution in [2.75, 3.05) is 13.2 Å². The lowest BCUT2D eigenvalue weighted by Crippen LogP contribution is -2.31. The number of aliphatic imine (C=N–C) groups is 1. The van der Waals surface area contributed by atoms with E-state index in [1.54, 1.807) is 6.34 Å². The fourth-order valence-corrected chi connectivity index (χ4v) is 2.24. The molecule has 18 heavy (non-hydrogen) atoms. The number of benzene rings is 1. The second-order valence-corrected chi connectivity index (χ2v) is 4.46. The maximum Gasteiger partial charge on any atom is 0.202 e. The van der Waals surface area contributed by atoms with Gasteiger partial charge in [0.25, 0.3) is 0 Å². The fourth-order valence-electron chi connectivity index (χ4n) is 2.24. The molecule has 1 fully saturated rings. The zero-order valence-corrected chi connectivity index (χ0v) is 9.61. The van der Waals surface area contributed by atoms with Gasteiger partial charge in [-0.05, 0) is 6.07 Å². The van der Waals surface area contributed by atoms with Crippen LogP contribution in [0.1, 0.15) is 17.8 Å². The van der Waals surface area contributed by atoms with Crippen LogP contribution in [-0.2, 0) is 9.57 Å². The van der Waals surface area contributed by atoms with E-state index in [2.05, 4.69) is 21.6 Å². The summed E-state index contributed by atoms with van der Waals surface area (Å²) in [7, 11) is 0. The Kier molecular flexibility index (Phi) is 2.12. The van der Waals surface area contributed by atoms with Gasteiger partial charge >= 0.3 is 0 Å². The molecule has 0 amide bonds. The number of hydrogen-bond acceptors (Lipinski definition) is 5. The third kappa shape index (κ3) is 1.43. The van der Waals surface area contributed by atoms with Crippen molar-refractivity contribution < 1.29 is 9.57 Å². The molecule has 2 aliphatic rings. The maximum absolute atomic E-state index is 5.28. The fraction of sp³-hybridized carbons (Fsp3) is 0.333. The zero-order chi connectivity index (χ0) is 11.9. The van der Waals surface area contributed by atoms with Crippen LogP contribution in [0.3, 0.4) is 0 Å². The summed E-state index contributed by atoms with van der Waals surface area (Å²) in [4.78, 5) is 9.47. The van der Waals surface area contributed by atoms with Crippen molar-refractivity contribution in [2.45, 2.75) is 12.3 Å². The van der Waals surface area contributed by atoms with Crippen LogP contribution in [0, 0.1) is 0 Å². The highest BCUT2D eigenvalue weighted by Gasteiger charge is 2.23. The van der Waals surface area contributed by atoms with Gasteiger partial charge in [0.1, 0.15) is 6.34 Å². The van der Waals surface area contributed by atoms with Crippen molar-refractivity contribution in [1.29, 1.82) is 0 Å². The van der Waals surface area contributed by atoms with Crippen LogP contribution < -0.4 is 5.48 Å². The molecule has 1 atom stereocenters. The molecular weight excluding hydrogens is 232 g/mol. The lowest BCUT2D eigenvalue weighted by molar-refractivity contribution is -0.0266. The zero-order valence-electron chi connectivity index (χ0n) is 9.61. The lowest BCUT2D eigenvalue weighted by Gasteiger charge is -2.26. The van der Waals surface area contributed by atoms with E-state index in [9.17, 15) is 0 Å². The molecule has 1 unspecified atom stereocenters. The largest absolute Gasteiger partial charge is 0.377 e. The van der Waals surface area contributed by atoms with E-state index in [4.69, 9.17) is 9.57 Å². The van der Waals surface area contributed by atoms with Crippen LogP contribution in [0.4, 0.5) is 0 Å². The standard InChI is InChI=1S/C12H12N4O2/c1-2-9-4-14-16(10-5-17-6-10)11(9)3-8(1)12-13-7-15-18-12/h1-4,7,10,12H,5-6H2,(H,13,15). The van der Waals surface area contributed by atoms with Gasteiger partial charge in [0.2, 0.25) is 6.23 Å². The third-order valence-electron chi connectivity index (χ3n) is 3.32. The number of hydroxylamine groups is 1. The number of ether oxygens (including phenoxy) is 1. The number of nitrogens with zero attached hydrogens (tertiary/aromatic N) is 3. The summed E-state index contributed by atoms with van der Waals surface area (Å²) in [6.45, 7) is 1.47. The summed E-state index contributed by atoms with van der Waals surface area (Å²) >= 11 is 0. The predicted molar refractivity (Wildman–Crippen MR) is 65.0 cm³/mol. The smallest absolute Gasteiger partial charge is 0.202 e. The number of aromatic nitrogens is 2. The molecule has 1 aromatic carbocycles. The van der Waals surface area contributed by atoms with Gasteiger partial charge in [-0.1, -0.05) is 12.1 Å². The van der Waals surface area contributed by atoms with Crippen LogP contribution in [0.2, 0.25) is 0 Å². The Hall–Kier alpha value is -1.92. The first-order valence-electron chi connectivity index (χ1n) is 5.89. The topological polar surface area (TPSA) is 60.7 Å². The Morgan fingerprint density at radius 1 is 1.33 bits per heavy atom. The Labute approximate surface area is 103 Å². The summed E-state index contributed by atoms with van der Waals surface area (Å²) < 4.78 is 7.24. The van der Waals surface area contributed by atoms with Gasteiger partial charge in [-0.25, -0.2) is 9.83 Å². The van der Waals surface area contributed by atoms with Crippen LogP contribution in [0.5, 0.6) is 0 Å². The minimum absolute atomic E-state index is 0.268. The lowest BCUT2D eigenvalue weighted by atomic mass is 10.1. The quantitative estimate of drug-likeness (QED) is 0.861. The summed E-state index contributed by atoms with van der Waals surface area (Å²) in [5.74, 6) is 0. The molecule has 0 aliphatic carbocycles. The van der Waals surface area contributed by atoms with Gasteiger partial charge in [0.15, 0.2) is 0 Å². The number of hydrogen-bond donors (Lipinski definition) is 1. The Balaban J connectivity index is 1.79. The van der Waals surface area contributed by atoms with Crippen LogP contribution >= 0.6 is 0 Å².